The zero-order chi connectivity index (χ0) is 13.4. The maximum absolute atomic E-state index is 6.10. The summed E-state index contributed by atoms with van der Waals surface area (Å²) in [6, 6.07) is 0.670. The first-order chi connectivity index (χ1) is 8.69. The molecule has 0 aromatic carbocycles. The maximum atomic E-state index is 6.10. The Labute approximate surface area is 114 Å². The van der Waals surface area contributed by atoms with E-state index in [1.165, 1.54) is 44.9 Å². The van der Waals surface area contributed by atoms with E-state index in [1.54, 1.807) is 0 Å². The highest BCUT2D eigenvalue weighted by molar-refractivity contribution is 5.04. The molecule has 1 N–H and O–H groups in total. The molecule has 1 aliphatic carbocycles. The van der Waals surface area contributed by atoms with Gasteiger partial charge in [0.15, 0.2) is 0 Å². The van der Waals surface area contributed by atoms with E-state index in [2.05, 4.69) is 33.0 Å². The Bertz CT molecular complexity index is 219. The zero-order valence-corrected chi connectivity index (χ0v) is 12.9. The van der Waals surface area contributed by atoms with Crippen LogP contribution in [0.3, 0.4) is 0 Å². The van der Waals surface area contributed by atoms with Gasteiger partial charge in [-0.15, -0.1) is 0 Å². The van der Waals surface area contributed by atoms with Crippen LogP contribution in [0.25, 0.3) is 0 Å². The van der Waals surface area contributed by atoms with Crippen molar-refractivity contribution in [2.45, 2.75) is 84.8 Å². The van der Waals surface area contributed by atoms with Gasteiger partial charge >= 0.3 is 0 Å². The smallest absolute Gasteiger partial charge is 0.0658 e. The van der Waals surface area contributed by atoms with Crippen molar-refractivity contribution in [1.82, 2.24) is 5.32 Å². The van der Waals surface area contributed by atoms with Gasteiger partial charge in [-0.25, -0.2) is 0 Å². The molecule has 2 nitrogen and oxygen atoms in total. The molecule has 0 bridgehead atoms. The van der Waals surface area contributed by atoms with Crippen molar-refractivity contribution in [1.29, 1.82) is 0 Å². The van der Waals surface area contributed by atoms with Gasteiger partial charge in [-0.1, -0.05) is 47.0 Å². The van der Waals surface area contributed by atoms with Crippen LogP contribution in [-0.2, 0) is 4.74 Å². The standard InChI is InChI=1S/C16H33NO/c1-5-8-9-10-12-18-15-13-14(17-11-6-2)16(15,4)7-3/h14-15,17H,5-13H2,1-4H3. The van der Waals surface area contributed by atoms with E-state index < -0.39 is 0 Å². The molecule has 0 amide bonds. The summed E-state index contributed by atoms with van der Waals surface area (Å²) in [6.07, 6.45) is 9.34. The highest BCUT2D eigenvalue weighted by Gasteiger charge is 2.50. The average Bonchev–Trinajstić information content (AvgIpc) is 2.39. The fraction of sp³-hybridized carbons (Fsp3) is 1.00. The lowest BCUT2D eigenvalue weighted by molar-refractivity contribution is -0.129. The fourth-order valence-corrected chi connectivity index (χ4v) is 2.94. The summed E-state index contributed by atoms with van der Waals surface area (Å²) in [5, 5.41) is 3.67. The molecule has 2 heteroatoms. The highest BCUT2D eigenvalue weighted by atomic mass is 16.5. The van der Waals surface area contributed by atoms with E-state index >= 15 is 0 Å². The van der Waals surface area contributed by atoms with Gasteiger partial charge in [0.2, 0.25) is 0 Å². The normalized spacial score (nSPS) is 31.3. The Morgan fingerprint density at radius 3 is 2.50 bits per heavy atom. The van der Waals surface area contributed by atoms with Crippen molar-refractivity contribution in [2.24, 2.45) is 5.41 Å². The summed E-state index contributed by atoms with van der Waals surface area (Å²) in [7, 11) is 0. The third-order valence-corrected chi connectivity index (χ3v) is 4.70. The first-order valence-electron chi connectivity index (χ1n) is 8.04. The molecule has 3 atom stereocenters. The summed E-state index contributed by atoms with van der Waals surface area (Å²) < 4.78 is 6.10. The number of unbranched alkanes of at least 4 members (excludes halogenated alkanes) is 3. The van der Waals surface area contributed by atoms with Gasteiger partial charge < -0.3 is 10.1 Å². The molecule has 108 valence electrons. The van der Waals surface area contributed by atoms with E-state index in [4.69, 9.17) is 4.74 Å². The quantitative estimate of drug-likeness (QED) is 0.592. The minimum atomic E-state index is 0.361. The highest BCUT2D eigenvalue weighted by Crippen LogP contribution is 2.45. The van der Waals surface area contributed by atoms with Gasteiger partial charge in [0.25, 0.3) is 0 Å². The second kappa shape index (κ2) is 8.16. The SMILES string of the molecule is CCCCCCOC1CC(NCCC)C1(C)CC. The third kappa shape index (κ3) is 3.96. The number of hydrogen-bond acceptors (Lipinski definition) is 2. The average molecular weight is 255 g/mol. The molecule has 1 fully saturated rings. The Kier molecular flexibility index (Phi) is 7.25. The van der Waals surface area contributed by atoms with Gasteiger partial charge in [-0.2, -0.15) is 0 Å². The minimum absolute atomic E-state index is 0.361. The minimum Gasteiger partial charge on any atom is -0.378 e. The van der Waals surface area contributed by atoms with Gasteiger partial charge in [0.05, 0.1) is 6.10 Å². The maximum Gasteiger partial charge on any atom is 0.0658 e. The molecule has 1 saturated carbocycles. The Morgan fingerprint density at radius 2 is 1.89 bits per heavy atom. The van der Waals surface area contributed by atoms with Crippen molar-refractivity contribution in [3.63, 3.8) is 0 Å². The van der Waals surface area contributed by atoms with Crippen LogP contribution in [0.15, 0.2) is 0 Å². The van der Waals surface area contributed by atoms with Crippen LogP contribution in [0.1, 0.15) is 72.6 Å². The summed E-state index contributed by atoms with van der Waals surface area (Å²) >= 11 is 0. The molecular formula is C16H33NO. The van der Waals surface area contributed by atoms with Gasteiger partial charge in [-0.3, -0.25) is 0 Å². The summed E-state index contributed by atoms with van der Waals surface area (Å²) in [5.41, 5.74) is 0.361. The second-order valence-electron chi connectivity index (χ2n) is 6.02. The Balaban J connectivity index is 2.22. The van der Waals surface area contributed by atoms with Gasteiger partial charge in [0.1, 0.15) is 0 Å². The molecule has 1 rings (SSSR count). The summed E-state index contributed by atoms with van der Waals surface area (Å²) in [4.78, 5) is 0. The summed E-state index contributed by atoms with van der Waals surface area (Å²) in [6.45, 7) is 11.3. The van der Waals surface area contributed by atoms with E-state index in [1.807, 2.05) is 0 Å². The number of hydrogen-bond donors (Lipinski definition) is 1. The molecule has 0 aliphatic heterocycles. The number of rotatable bonds is 10. The van der Waals surface area contributed by atoms with Crippen LogP contribution in [0, 0.1) is 5.41 Å². The monoisotopic (exact) mass is 255 g/mol. The van der Waals surface area contributed by atoms with Crippen molar-refractivity contribution >= 4 is 0 Å². The first-order valence-corrected chi connectivity index (χ1v) is 8.04. The van der Waals surface area contributed by atoms with E-state index in [0.29, 0.717) is 17.6 Å². The van der Waals surface area contributed by atoms with Gasteiger partial charge in [-0.05, 0) is 32.2 Å². The zero-order valence-electron chi connectivity index (χ0n) is 12.9. The van der Waals surface area contributed by atoms with Crippen LogP contribution in [0.2, 0.25) is 0 Å². The van der Waals surface area contributed by atoms with Crippen LogP contribution in [0.4, 0.5) is 0 Å². The lowest BCUT2D eigenvalue weighted by Crippen LogP contribution is -2.62. The van der Waals surface area contributed by atoms with Crippen molar-refractivity contribution in [2.75, 3.05) is 13.2 Å². The molecule has 0 aromatic rings. The second-order valence-corrected chi connectivity index (χ2v) is 6.02. The molecular weight excluding hydrogens is 222 g/mol. The van der Waals surface area contributed by atoms with Crippen LogP contribution in [-0.4, -0.2) is 25.3 Å². The van der Waals surface area contributed by atoms with Crippen LogP contribution in [0.5, 0.6) is 0 Å². The predicted molar refractivity (Wildman–Crippen MR) is 79.0 cm³/mol. The van der Waals surface area contributed by atoms with E-state index in [-0.39, 0.29) is 0 Å². The van der Waals surface area contributed by atoms with Crippen molar-refractivity contribution in [3.8, 4) is 0 Å². The molecule has 18 heavy (non-hydrogen) atoms. The van der Waals surface area contributed by atoms with Crippen LogP contribution < -0.4 is 5.32 Å². The molecule has 0 saturated heterocycles. The Hall–Kier alpha value is -0.0800. The van der Waals surface area contributed by atoms with E-state index in [0.717, 1.165) is 13.2 Å². The fourth-order valence-electron chi connectivity index (χ4n) is 2.94. The largest absolute Gasteiger partial charge is 0.378 e. The molecule has 3 unspecified atom stereocenters. The van der Waals surface area contributed by atoms with Crippen molar-refractivity contribution in [3.05, 3.63) is 0 Å². The Morgan fingerprint density at radius 1 is 1.11 bits per heavy atom. The topological polar surface area (TPSA) is 21.3 Å². The molecule has 0 heterocycles. The molecule has 0 spiro atoms. The molecule has 1 aliphatic rings. The molecule has 0 aromatic heterocycles. The van der Waals surface area contributed by atoms with Crippen molar-refractivity contribution < 1.29 is 4.74 Å². The van der Waals surface area contributed by atoms with E-state index in [9.17, 15) is 0 Å². The lowest BCUT2D eigenvalue weighted by Gasteiger charge is -2.54. The summed E-state index contributed by atoms with van der Waals surface area (Å²) in [5.74, 6) is 0. The first kappa shape index (κ1) is 16.0. The lowest BCUT2D eigenvalue weighted by atomic mass is 9.61. The third-order valence-electron chi connectivity index (χ3n) is 4.70. The predicted octanol–water partition coefficient (Wildman–Crippen LogP) is 4.14. The number of ether oxygens (including phenoxy) is 1. The molecule has 0 radical (unpaired) electrons. The number of nitrogens with one attached hydrogen (secondary N) is 1. The van der Waals surface area contributed by atoms with Gasteiger partial charge in [0, 0.05) is 18.1 Å². The van der Waals surface area contributed by atoms with Crippen LogP contribution >= 0.6 is 0 Å².